The van der Waals surface area contributed by atoms with E-state index in [0.29, 0.717) is 0 Å². The van der Waals surface area contributed by atoms with Crippen LogP contribution in [0.5, 0.6) is 0 Å². The predicted octanol–water partition coefficient (Wildman–Crippen LogP) is 6.78. The van der Waals surface area contributed by atoms with Crippen LogP contribution < -0.4 is 4.90 Å². The number of anilines is 1. The van der Waals surface area contributed by atoms with Gasteiger partial charge in [-0.25, -0.2) is 13.3 Å². The molecule has 0 aliphatic carbocycles. The molecule has 0 saturated heterocycles. The third-order valence-corrected chi connectivity index (χ3v) is 11.0. The molecule has 4 aromatic rings. The average Bonchev–Trinajstić information content (AvgIpc) is 3.38. The third kappa shape index (κ3) is 4.93. The van der Waals surface area contributed by atoms with Crippen LogP contribution in [0.25, 0.3) is 0 Å². The first-order valence-corrected chi connectivity index (χ1v) is 16.3. The Hall–Kier alpha value is -5.10. The van der Waals surface area contributed by atoms with Crippen molar-refractivity contribution in [2.45, 2.75) is 56.5 Å². The fraction of sp³-hybridized carbons (Fsp3) is 0.222. The number of imide groups is 2. The standard InChI is InChI=1S/C36H29F3N2O6S/c1-17-11-22(12-18(2)21(17)5)30(36(37,38)39)23-13-19(3)31(20(4)14-23)41-34(44)27-10-8-25(16-29(27)35(41)45)48(46,47)24-7-9-26-28(15-24)33(43)40(6)32(26)42/h7-16,30H,1-6H3. The number of carbonyl (C=O) groups is 4. The van der Waals surface area contributed by atoms with Crippen molar-refractivity contribution < 1.29 is 40.8 Å². The molecule has 48 heavy (non-hydrogen) atoms. The zero-order chi connectivity index (χ0) is 35.2. The van der Waals surface area contributed by atoms with Gasteiger partial charge in [0.05, 0.1) is 37.7 Å². The molecule has 2 heterocycles. The highest BCUT2D eigenvalue weighted by Crippen LogP contribution is 2.44. The average molecular weight is 675 g/mol. The minimum atomic E-state index is -4.64. The topological polar surface area (TPSA) is 109 Å². The van der Waals surface area contributed by atoms with Crippen molar-refractivity contribution in [3.63, 3.8) is 0 Å². The summed E-state index contributed by atoms with van der Waals surface area (Å²) in [6.45, 7) is 8.39. The third-order valence-electron chi connectivity index (χ3n) is 9.22. The normalized spacial score (nSPS) is 15.4. The van der Waals surface area contributed by atoms with Crippen LogP contribution in [0.15, 0.2) is 70.5 Å². The summed E-state index contributed by atoms with van der Waals surface area (Å²) in [5, 5.41) is 0. The number of hydrogen-bond donors (Lipinski definition) is 0. The molecule has 0 radical (unpaired) electrons. The molecule has 1 unspecified atom stereocenters. The molecule has 0 saturated carbocycles. The van der Waals surface area contributed by atoms with E-state index >= 15 is 0 Å². The van der Waals surface area contributed by atoms with E-state index in [1.165, 1.54) is 63.4 Å². The van der Waals surface area contributed by atoms with Crippen molar-refractivity contribution in [2.75, 3.05) is 11.9 Å². The molecule has 1 atom stereocenters. The van der Waals surface area contributed by atoms with Gasteiger partial charge < -0.3 is 0 Å². The molecular formula is C36H29F3N2O6S. The summed E-state index contributed by atoms with van der Waals surface area (Å²) in [6.07, 6.45) is -4.64. The molecule has 2 aliphatic heterocycles. The van der Waals surface area contributed by atoms with Gasteiger partial charge in [0.25, 0.3) is 23.6 Å². The monoisotopic (exact) mass is 674 g/mol. The van der Waals surface area contributed by atoms with Crippen LogP contribution in [0.1, 0.15) is 86.3 Å². The van der Waals surface area contributed by atoms with Gasteiger partial charge in [0.2, 0.25) is 9.84 Å². The SMILES string of the molecule is Cc1cc(C(c2cc(C)c(N3C(=O)c4ccc(S(=O)(=O)c5ccc6c(c5)C(=O)N(C)C6=O)cc4C3=O)c(C)c2)C(F)(F)F)cc(C)c1C. The Morgan fingerprint density at radius 1 is 0.583 bits per heavy atom. The van der Waals surface area contributed by atoms with E-state index in [2.05, 4.69) is 0 Å². The van der Waals surface area contributed by atoms with E-state index in [4.69, 9.17) is 0 Å². The maximum atomic E-state index is 14.6. The van der Waals surface area contributed by atoms with Crippen molar-refractivity contribution in [1.29, 1.82) is 0 Å². The van der Waals surface area contributed by atoms with Gasteiger partial charge in [0.1, 0.15) is 5.92 Å². The second-order valence-corrected chi connectivity index (χ2v) is 14.2. The Morgan fingerprint density at radius 3 is 1.46 bits per heavy atom. The van der Waals surface area contributed by atoms with Crippen LogP contribution in [-0.4, -0.2) is 50.2 Å². The van der Waals surface area contributed by atoms with E-state index in [1.807, 2.05) is 6.92 Å². The van der Waals surface area contributed by atoms with Crippen LogP contribution in [0.3, 0.4) is 0 Å². The first-order chi connectivity index (χ1) is 22.3. The number of nitrogens with zero attached hydrogens (tertiary/aromatic N) is 2. The van der Waals surface area contributed by atoms with Crippen molar-refractivity contribution in [3.8, 4) is 0 Å². The summed E-state index contributed by atoms with van der Waals surface area (Å²) in [6, 6.07) is 12.7. The Bertz CT molecular complexity index is 2210. The van der Waals surface area contributed by atoms with Gasteiger partial charge in [-0.15, -0.1) is 0 Å². The number of aryl methyl sites for hydroxylation is 4. The van der Waals surface area contributed by atoms with Crippen LogP contribution in [0.2, 0.25) is 0 Å². The molecule has 6 rings (SSSR count). The van der Waals surface area contributed by atoms with E-state index < -0.39 is 45.6 Å². The first-order valence-electron chi connectivity index (χ1n) is 14.8. The van der Waals surface area contributed by atoms with Gasteiger partial charge in [-0.1, -0.05) is 24.3 Å². The van der Waals surface area contributed by atoms with Gasteiger partial charge >= 0.3 is 6.18 Å². The number of hydrogen-bond acceptors (Lipinski definition) is 6. The van der Waals surface area contributed by atoms with Crippen molar-refractivity contribution in [1.82, 2.24) is 4.90 Å². The molecule has 12 heteroatoms. The molecule has 0 N–H and O–H groups in total. The molecule has 0 spiro atoms. The van der Waals surface area contributed by atoms with Gasteiger partial charge in [-0.2, -0.15) is 13.2 Å². The van der Waals surface area contributed by atoms with Crippen molar-refractivity contribution in [2.24, 2.45) is 0 Å². The smallest absolute Gasteiger partial charge is 0.277 e. The first kappa shape index (κ1) is 32.8. The minimum absolute atomic E-state index is 0.0467. The zero-order valence-electron chi connectivity index (χ0n) is 26.7. The molecule has 4 aromatic carbocycles. The number of alkyl halides is 3. The van der Waals surface area contributed by atoms with Gasteiger partial charge in [-0.3, -0.25) is 24.1 Å². The van der Waals surface area contributed by atoms with Gasteiger partial charge in [-0.05, 0) is 110 Å². The van der Waals surface area contributed by atoms with E-state index in [9.17, 15) is 40.8 Å². The lowest BCUT2D eigenvalue weighted by Crippen LogP contribution is -2.31. The lowest BCUT2D eigenvalue weighted by molar-refractivity contribution is -0.141. The molecule has 0 aromatic heterocycles. The van der Waals surface area contributed by atoms with E-state index in [0.717, 1.165) is 44.7 Å². The van der Waals surface area contributed by atoms with E-state index in [1.54, 1.807) is 13.8 Å². The minimum Gasteiger partial charge on any atom is -0.277 e. The molecule has 0 bridgehead atoms. The number of amides is 4. The lowest BCUT2D eigenvalue weighted by atomic mass is 9.85. The molecule has 0 fully saturated rings. The summed E-state index contributed by atoms with van der Waals surface area (Å²) in [7, 11) is -3.03. The molecule has 4 amide bonds. The summed E-state index contributed by atoms with van der Waals surface area (Å²) in [5.74, 6) is -4.75. The fourth-order valence-corrected chi connectivity index (χ4v) is 7.86. The van der Waals surface area contributed by atoms with Gasteiger partial charge in [0, 0.05) is 7.05 Å². The lowest BCUT2D eigenvalue weighted by Gasteiger charge is -2.26. The number of fused-ring (bicyclic) bond motifs is 2. The van der Waals surface area contributed by atoms with Crippen LogP contribution in [0, 0.1) is 34.6 Å². The van der Waals surface area contributed by atoms with Crippen molar-refractivity contribution in [3.05, 3.63) is 122 Å². The summed E-state index contributed by atoms with van der Waals surface area (Å²) in [5.41, 5.74) is 2.72. The van der Waals surface area contributed by atoms with Crippen molar-refractivity contribution >= 4 is 39.2 Å². The molecular weight excluding hydrogens is 645 g/mol. The molecule has 2 aliphatic rings. The number of rotatable bonds is 5. The van der Waals surface area contributed by atoms with Crippen LogP contribution >= 0.6 is 0 Å². The Morgan fingerprint density at radius 2 is 0.979 bits per heavy atom. The molecule has 246 valence electrons. The van der Waals surface area contributed by atoms with E-state index in [-0.39, 0.29) is 60.0 Å². The zero-order valence-corrected chi connectivity index (χ0v) is 27.6. The largest absolute Gasteiger partial charge is 0.399 e. The predicted molar refractivity (Wildman–Crippen MR) is 170 cm³/mol. The number of halogens is 3. The highest BCUT2D eigenvalue weighted by Gasteiger charge is 2.44. The fourth-order valence-electron chi connectivity index (χ4n) is 6.55. The number of carbonyl (C=O) groups excluding carboxylic acids is 4. The Balaban J connectivity index is 1.38. The summed E-state index contributed by atoms with van der Waals surface area (Å²) in [4.78, 5) is 53.2. The quantitative estimate of drug-likeness (QED) is 0.216. The van der Waals surface area contributed by atoms with Crippen LogP contribution in [0.4, 0.5) is 18.9 Å². The van der Waals surface area contributed by atoms with Gasteiger partial charge in [0.15, 0.2) is 0 Å². The second-order valence-electron chi connectivity index (χ2n) is 12.3. The maximum absolute atomic E-state index is 14.6. The maximum Gasteiger partial charge on any atom is 0.399 e. The summed E-state index contributed by atoms with van der Waals surface area (Å²) < 4.78 is 71.0. The number of sulfone groups is 1. The molecule has 8 nitrogen and oxygen atoms in total. The Kier molecular flexibility index (Phi) is 7.51. The summed E-state index contributed by atoms with van der Waals surface area (Å²) >= 11 is 0. The highest BCUT2D eigenvalue weighted by molar-refractivity contribution is 7.91. The highest BCUT2D eigenvalue weighted by atomic mass is 32.2. The Labute approximate surface area is 274 Å². The number of benzene rings is 4. The van der Waals surface area contributed by atoms with Crippen LogP contribution in [-0.2, 0) is 9.84 Å². The second kappa shape index (κ2) is 11.0.